The fourth-order valence-corrected chi connectivity index (χ4v) is 5.01. The van der Waals surface area contributed by atoms with Crippen LogP contribution in [0.5, 0.6) is 0 Å². The largest absolute Gasteiger partial charge is 0.810 e. The van der Waals surface area contributed by atoms with Crippen LogP contribution < -0.4 is 9.79 Å². The number of rotatable bonds is 5. The number of fused-ring (bicyclic) bond motifs is 1. The standard InChI is InChI=1S/C22H25O3P/c1-4-22(5-2,26(23,24)25)21-13-16(3)12-20(15-21)19-11-10-17-8-6-7-9-18(17)14-19/h6-15H,4-5H2,1-3H3,(H2,23,24,25)/p-2. The van der Waals surface area contributed by atoms with Gasteiger partial charge >= 0.3 is 0 Å². The Morgan fingerprint density at radius 2 is 1.50 bits per heavy atom. The summed E-state index contributed by atoms with van der Waals surface area (Å²) in [6, 6.07) is 20.0. The SMILES string of the molecule is CCC(CC)(c1cc(C)cc(-c2ccc3ccccc3c2)c1)P(=O)([O-])[O-]. The molecule has 0 unspecified atom stereocenters. The molecule has 0 aliphatic carbocycles. The monoisotopic (exact) mass is 366 g/mol. The van der Waals surface area contributed by atoms with Crippen molar-refractivity contribution >= 4 is 18.4 Å². The van der Waals surface area contributed by atoms with Gasteiger partial charge in [-0.25, -0.2) is 0 Å². The molecule has 3 aromatic rings. The van der Waals surface area contributed by atoms with E-state index in [1.165, 1.54) is 0 Å². The number of benzene rings is 3. The molecule has 0 saturated carbocycles. The quantitative estimate of drug-likeness (QED) is 0.613. The van der Waals surface area contributed by atoms with E-state index in [9.17, 15) is 14.4 Å². The molecule has 0 N–H and O–H groups in total. The molecule has 0 amide bonds. The van der Waals surface area contributed by atoms with E-state index in [0.717, 1.165) is 27.5 Å². The second kappa shape index (κ2) is 7.00. The lowest BCUT2D eigenvalue weighted by atomic mass is 9.88. The molecule has 0 aliphatic heterocycles. The summed E-state index contributed by atoms with van der Waals surface area (Å²) in [5.41, 5.74) is 3.50. The van der Waals surface area contributed by atoms with Crippen molar-refractivity contribution < 1.29 is 14.4 Å². The van der Waals surface area contributed by atoms with E-state index < -0.39 is 12.8 Å². The van der Waals surface area contributed by atoms with Crippen LogP contribution in [0.4, 0.5) is 0 Å². The van der Waals surface area contributed by atoms with Crippen LogP contribution in [0.2, 0.25) is 0 Å². The molecule has 0 spiro atoms. The summed E-state index contributed by atoms with van der Waals surface area (Å²) in [5.74, 6) is 0. The van der Waals surface area contributed by atoms with Gasteiger partial charge in [-0.05, 0) is 53.3 Å². The third-order valence-corrected chi connectivity index (χ3v) is 7.33. The highest BCUT2D eigenvalue weighted by molar-refractivity contribution is 7.50. The number of aryl methyl sites for hydroxylation is 1. The molecule has 136 valence electrons. The van der Waals surface area contributed by atoms with Crippen molar-refractivity contribution in [2.45, 2.75) is 38.8 Å². The predicted molar refractivity (Wildman–Crippen MR) is 104 cm³/mol. The first-order valence-electron chi connectivity index (χ1n) is 8.94. The van der Waals surface area contributed by atoms with E-state index >= 15 is 0 Å². The Bertz CT molecular complexity index is 984. The maximum Gasteiger partial charge on any atom is 0.0224 e. The van der Waals surface area contributed by atoms with Crippen LogP contribution in [0.3, 0.4) is 0 Å². The van der Waals surface area contributed by atoms with Crippen LogP contribution >= 0.6 is 7.60 Å². The van der Waals surface area contributed by atoms with Gasteiger partial charge in [0.15, 0.2) is 0 Å². The topological polar surface area (TPSA) is 63.2 Å². The third-order valence-electron chi connectivity index (χ3n) is 5.39. The second-order valence-corrected chi connectivity index (χ2v) is 8.74. The van der Waals surface area contributed by atoms with Gasteiger partial charge in [-0.1, -0.05) is 81.6 Å². The fraction of sp³-hybridized carbons (Fsp3) is 0.273. The Kier molecular flexibility index (Phi) is 5.07. The van der Waals surface area contributed by atoms with Crippen LogP contribution in [0.1, 0.15) is 37.8 Å². The van der Waals surface area contributed by atoms with Crippen molar-refractivity contribution in [3.8, 4) is 11.1 Å². The maximum atomic E-state index is 12.1. The van der Waals surface area contributed by atoms with Crippen molar-refractivity contribution in [2.75, 3.05) is 0 Å². The van der Waals surface area contributed by atoms with Gasteiger partial charge in [0.2, 0.25) is 0 Å². The van der Waals surface area contributed by atoms with Gasteiger partial charge in [0.1, 0.15) is 0 Å². The van der Waals surface area contributed by atoms with Crippen molar-refractivity contribution in [1.82, 2.24) is 0 Å². The zero-order valence-corrected chi connectivity index (χ0v) is 16.3. The van der Waals surface area contributed by atoms with Crippen molar-refractivity contribution in [2.24, 2.45) is 0 Å². The Morgan fingerprint density at radius 3 is 2.12 bits per heavy atom. The van der Waals surface area contributed by atoms with Gasteiger partial charge < -0.3 is 14.4 Å². The van der Waals surface area contributed by atoms with Crippen molar-refractivity contribution in [3.05, 3.63) is 71.8 Å². The van der Waals surface area contributed by atoms with Gasteiger partial charge in [-0.2, -0.15) is 0 Å². The first-order valence-corrected chi connectivity index (χ1v) is 10.5. The first-order chi connectivity index (χ1) is 12.3. The molecule has 0 radical (unpaired) electrons. The highest BCUT2D eigenvalue weighted by Gasteiger charge is 2.32. The summed E-state index contributed by atoms with van der Waals surface area (Å²) in [7, 11) is -4.80. The average molecular weight is 366 g/mol. The fourth-order valence-electron chi connectivity index (χ4n) is 3.79. The van der Waals surface area contributed by atoms with E-state index in [4.69, 9.17) is 0 Å². The zero-order chi connectivity index (χ0) is 18.9. The summed E-state index contributed by atoms with van der Waals surface area (Å²) in [5, 5.41) is 0.928. The summed E-state index contributed by atoms with van der Waals surface area (Å²) < 4.78 is 12.1. The zero-order valence-electron chi connectivity index (χ0n) is 15.4. The van der Waals surface area contributed by atoms with Crippen molar-refractivity contribution in [3.63, 3.8) is 0 Å². The molecule has 0 aliphatic rings. The van der Waals surface area contributed by atoms with Gasteiger partial charge in [-0.3, -0.25) is 0 Å². The second-order valence-electron chi connectivity index (χ2n) is 6.89. The minimum atomic E-state index is -4.80. The lowest BCUT2D eigenvalue weighted by Gasteiger charge is -2.49. The smallest absolute Gasteiger partial charge is 0.0224 e. The van der Waals surface area contributed by atoms with Crippen molar-refractivity contribution in [1.29, 1.82) is 0 Å². The normalized spacial score (nSPS) is 12.5. The van der Waals surface area contributed by atoms with E-state index in [-0.39, 0.29) is 12.8 Å². The molecule has 0 aromatic heterocycles. The van der Waals surface area contributed by atoms with E-state index in [1.807, 2.05) is 43.3 Å². The van der Waals surface area contributed by atoms with Crippen LogP contribution in [0, 0.1) is 6.92 Å². The Morgan fingerprint density at radius 1 is 0.846 bits per heavy atom. The molecule has 3 nitrogen and oxygen atoms in total. The Labute approximate surface area is 154 Å². The molecule has 0 bridgehead atoms. The molecule has 4 heteroatoms. The summed E-state index contributed by atoms with van der Waals surface area (Å²) in [6.07, 6.45) is 0.544. The Balaban J connectivity index is 2.19. The maximum absolute atomic E-state index is 12.1. The first kappa shape index (κ1) is 18.8. The highest BCUT2D eigenvalue weighted by atomic mass is 31.2. The molecule has 0 heterocycles. The Hall–Kier alpha value is -1.93. The third kappa shape index (κ3) is 3.23. The predicted octanol–water partition coefficient (Wildman–Crippen LogP) is 4.74. The molecule has 0 saturated heterocycles. The highest BCUT2D eigenvalue weighted by Crippen LogP contribution is 2.55. The lowest BCUT2D eigenvalue weighted by Crippen LogP contribution is -2.36. The summed E-state index contributed by atoms with van der Waals surface area (Å²) >= 11 is 0. The van der Waals surface area contributed by atoms with E-state index in [1.54, 1.807) is 13.8 Å². The molecule has 3 rings (SSSR count). The van der Waals surface area contributed by atoms with Gasteiger partial charge in [0, 0.05) is 5.16 Å². The van der Waals surface area contributed by atoms with Gasteiger partial charge in [-0.15, -0.1) is 0 Å². The van der Waals surface area contributed by atoms with E-state index in [2.05, 4.69) is 24.3 Å². The van der Waals surface area contributed by atoms with Crippen LogP contribution in [-0.2, 0) is 9.72 Å². The summed E-state index contributed by atoms with van der Waals surface area (Å²) in [4.78, 5) is 24.2. The number of hydrogen-bond donors (Lipinski definition) is 0. The van der Waals surface area contributed by atoms with Gasteiger partial charge in [0.05, 0.1) is 0 Å². The minimum absolute atomic E-state index is 0.272. The van der Waals surface area contributed by atoms with E-state index in [0.29, 0.717) is 5.56 Å². The van der Waals surface area contributed by atoms with Crippen LogP contribution in [0.25, 0.3) is 21.9 Å². The van der Waals surface area contributed by atoms with Crippen LogP contribution in [-0.4, -0.2) is 0 Å². The molecule has 3 aromatic carbocycles. The molecule has 0 fully saturated rings. The summed E-state index contributed by atoms with van der Waals surface area (Å²) in [6.45, 7) is 5.47. The lowest BCUT2D eigenvalue weighted by molar-refractivity contribution is -0.322. The molecular weight excluding hydrogens is 343 g/mol. The molecular formula is C22H23O3P-2. The molecule has 0 atom stereocenters. The molecule has 26 heavy (non-hydrogen) atoms. The number of hydrogen-bond acceptors (Lipinski definition) is 3. The minimum Gasteiger partial charge on any atom is -0.810 e. The van der Waals surface area contributed by atoms with Crippen LogP contribution in [0.15, 0.2) is 60.7 Å². The van der Waals surface area contributed by atoms with Gasteiger partial charge in [0.25, 0.3) is 0 Å². The average Bonchev–Trinajstić information content (AvgIpc) is 2.61.